The zero-order chi connectivity index (χ0) is 14.2. The van der Waals surface area contributed by atoms with Crippen molar-refractivity contribution in [1.82, 2.24) is 10.6 Å². The van der Waals surface area contributed by atoms with Gasteiger partial charge in [-0.05, 0) is 49.8 Å². The second kappa shape index (κ2) is 8.43. The highest BCUT2D eigenvalue weighted by Gasteiger charge is 2.19. The summed E-state index contributed by atoms with van der Waals surface area (Å²) in [5.41, 5.74) is 1.48. The van der Waals surface area contributed by atoms with E-state index in [1.807, 2.05) is 0 Å². The van der Waals surface area contributed by atoms with Gasteiger partial charge >= 0.3 is 0 Å². The SMILES string of the molecule is CCC(C)C(CNCCCNC1CC1)c1ccccc1. The Balaban J connectivity index is 1.70. The summed E-state index contributed by atoms with van der Waals surface area (Å²) in [4.78, 5) is 0. The van der Waals surface area contributed by atoms with Gasteiger partial charge < -0.3 is 10.6 Å². The summed E-state index contributed by atoms with van der Waals surface area (Å²) in [6, 6.07) is 11.8. The third-order valence-electron chi connectivity index (χ3n) is 4.46. The quantitative estimate of drug-likeness (QED) is 0.638. The van der Waals surface area contributed by atoms with E-state index in [0.717, 1.165) is 31.6 Å². The Bertz CT molecular complexity index is 359. The Morgan fingerprint density at radius 3 is 2.55 bits per heavy atom. The molecule has 2 heteroatoms. The lowest BCUT2D eigenvalue weighted by atomic mass is 9.85. The van der Waals surface area contributed by atoms with E-state index in [-0.39, 0.29) is 0 Å². The molecule has 1 aromatic carbocycles. The van der Waals surface area contributed by atoms with Gasteiger partial charge in [0.25, 0.3) is 0 Å². The fourth-order valence-corrected chi connectivity index (χ4v) is 2.70. The Hall–Kier alpha value is -0.860. The van der Waals surface area contributed by atoms with Crippen LogP contribution in [0.4, 0.5) is 0 Å². The number of rotatable bonds is 10. The highest BCUT2D eigenvalue weighted by Crippen LogP contribution is 2.26. The first kappa shape index (κ1) is 15.5. The van der Waals surface area contributed by atoms with E-state index in [4.69, 9.17) is 0 Å². The van der Waals surface area contributed by atoms with Crippen molar-refractivity contribution in [1.29, 1.82) is 0 Å². The van der Waals surface area contributed by atoms with E-state index in [0.29, 0.717) is 5.92 Å². The van der Waals surface area contributed by atoms with Gasteiger partial charge in [0.1, 0.15) is 0 Å². The first-order valence-electron chi connectivity index (χ1n) is 8.30. The summed E-state index contributed by atoms with van der Waals surface area (Å²) in [7, 11) is 0. The van der Waals surface area contributed by atoms with Crippen LogP contribution in [-0.2, 0) is 0 Å². The molecule has 2 nitrogen and oxygen atoms in total. The lowest BCUT2D eigenvalue weighted by Crippen LogP contribution is -2.28. The summed E-state index contributed by atoms with van der Waals surface area (Å²) < 4.78 is 0. The molecule has 1 aromatic rings. The van der Waals surface area contributed by atoms with Crippen molar-refractivity contribution in [2.24, 2.45) is 5.92 Å². The normalized spacial score (nSPS) is 17.9. The van der Waals surface area contributed by atoms with Gasteiger partial charge in [-0.15, -0.1) is 0 Å². The van der Waals surface area contributed by atoms with Crippen molar-refractivity contribution in [2.45, 2.75) is 51.5 Å². The molecule has 1 aliphatic carbocycles. The van der Waals surface area contributed by atoms with Gasteiger partial charge in [0.2, 0.25) is 0 Å². The molecule has 0 aliphatic heterocycles. The summed E-state index contributed by atoms with van der Waals surface area (Å²) >= 11 is 0. The van der Waals surface area contributed by atoms with Crippen LogP contribution in [0.2, 0.25) is 0 Å². The highest BCUT2D eigenvalue weighted by atomic mass is 14.9. The minimum atomic E-state index is 0.637. The van der Waals surface area contributed by atoms with E-state index in [1.54, 1.807) is 0 Å². The van der Waals surface area contributed by atoms with E-state index in [1.165, 1.54) is 31.2 Å². The lowest BCUT2D eigenvalue weighted by molar-refractivity contribution is 0.418. The largest absolute Gasteiger partial charge is 0.316 e. The Labute approximate surface area is 124 Å². The molecular formula is C18H30N2. The molecule has 0 saturated heterocycles. The first-order valence-corrected chi connectivity index (χ1v) is 8.30. The zero-order valence-electron chi connectivity index (χ0n) is 13.1. The summed E-state index contributed by atoms with van der Waals surface area (Å²) in [5, 5.41) is 7.22. The van der Waals surface area contributed by atoms with Gasteiger partial charge in [-0.1, -0.05) is 50.6 Å². The Morgan fingerprint density at radius 1 is 1.15 bits per heavy atom. The molecule has 2 N–H and O–H groups in total. The maximum absolute atomic E-state index is 3.65. The molecule has 0 amide bonds. The van der Waals surface area contributed by atoms with Crippen LogP contribution in [0.25, 0.3) is 0 Å². The van der Waals surface area contributed by atoms with Crippen molar-refractivity contribution >= 4 is 0 Å². The van der Waals surface area contributed by atoms with Crippen molar-refractivity contribution in [3.8, 4) is 0 Å². The summed E-state index contributed by atoms with van der Waals surface area (Å²) in [6.07, 6.45) is 5.25. The predicted octanol–water partition coefficient (Wildman–Crippen LogP) is 3.55. The van der Waals surface area contributed by atoms with Crippen LogP contribution in [0.15, 0.2) is 30.3 Å². The van der Waals surface area contributed by atoms with Crippen LogP contribution in [-0.4, -0.2) is 25.7 Å². The summed E-state index contributed by atoms with van der Waals surface area (Å²) in [5.74, 6) is 1.37. The molecule has 2 atom stereocenters. The van der Waals surface area contributed by atoms with Crippen LogP contribution in [0.3, 0.4) is 0 Å². The molecular weight excluding hydrogens is 244 g/mol. The van der Waals surface area contributed by atoms with E-state index < -0.39 is 0 Å². The Morgan fingerprint density at radius 2 is 1.90 bits per heavy atom. The van der Waals surface area contributed by atoms with E-state index >= 15 is 0 Å². The molecule has 1 aliphatic rings. The molecule has 1 saturated carbocycles. The summed E-state index contributed by atoms with van der Waals surface area (Å²) in [6.45, 7) is 8.05. The maximum Gasteiger partial charge on any atom is 0.00682 e. The Kier molecular flexibility index (Phi) is 6.55. The predicted molar refractivity (Wildman–Crippen MR) is 87.1 cm³/mol. The van der Waals surface area contributed by atoms with Gasteiger partial charge in [-0.25, -0.2) is 0 Å². The fraction of sp³-hybridized carbons (Fsp3) is 0.667. The topological polar surface area (TPSA) is 24.1 Å². The average molecular weight is 274 g/mol. The van der Waals surface area contributed by atoms with Gasteiger partial charge in [0.05, 0.1) is 0 Å². The second-order valence-electron chi connectivity index (χ2n) is 6.19. The smallest absolute Gasteiger partial charge is 0.00682 e. The first-order chi connectivity index (χ1) is 9.81. The molecule has 20 heavy (non-hydrogen) atoms. The van der Waals surface area contributed by atoms with Crippen LogP contribution >= 0.6 is 0 Å². The third kappa shape index (κ3) is 5.26. The standard InChI is InChI=1S/C18H30N2/c1-3-15(2)18(16-8-5-4-6-9-16)14-19-12-7-13-20-17-10-11-17/h4-6,8-9,15,17-20H,3,7,10-14H2,1-2H3. The molecule has 0 heterocycles. The van der Waals surface area contributed by atoms with Crippen molar-refractivity contribution in [3.05, 3.63) is 35.9 Å². The van der Waals surface area contributed by atoms with Crippen LogP contribution in [0.5, 0.6) is 0 Å². The molecule has 2 unspecified atom stereocenters. The number of hydrogen-bond donors (Lipinski definition) is 2. The lowest BCUT2D eigenvalue weighted by Gasteiger charge is -2.24. The van der Waals surface area contributed by atoms with Gasteiger partial charge in [0.15, 0.2) is 0 Å². The molecule has 0 aromatic heterocycles. The molecule has 1 fully saturated rings. The molecule has 112 valence electrons. The minimum Gasteiger partial charge on any atom is -0.316 e. The number of benzene rings is 1. The van der Waals surface area contributed by atoms with Crippen molar-refractivity contribution < 1.29 is 0 Å². The zero-order valence-corrected chi connectivity index (χ0v) is 13.1. The van der Waals surface area contributed by atoms with Crippen molar-refractivity contribution in [3.63, 3.8) is 0 Å². The maximum atomic E-state index is 3.65. The fourth-order valence-electron chi connectivity index (χ4n) is 2.70. The molecule has 2 rings (SSSR count). The van der Waals surface area contributed by atoms with Gasteiger partial charge in [0, 0.05) is 12.6 Å². The van der Waals surface area contributed by atoms with Crippen LogP contribution in [0.1, 0.15) is 51.0 Å². The third-order valence-corrected chi connectivity index (χ3v) is 4.46. The number of nitrogens with one attached hydrogen (secondary N) is 2. The monoisotopic (exact) mass is 274 g/mol. The minimum absolute atomic E-state index is 0.637. The highest BCUT2D eigenvalue weighted by molar-refractivity contribution is 5.20. The van der Waals surface area contributed by atoms with Crippen LogP contribution < -0.4 is 10.6 Å². The molecule has 0 bridgehead atoms. The van der Waals surface area contributed by atoms with Gasteiger partial charge in [-0.3, -0.25) is 0 Å². The second-order valence-corrected chi connectivity index (χ2v) is 6.19. The van der Waals surface area contributed by atoms with E-state index in [2.05, 4.69) is 54.8 Å². The molecule has 0 radical (unpaired) electrons. The number of hydrogen-bond acceptors (Lipinski definition) is 2. The average Bonchev–Trinajstić information content (AvgIpc) is 3.31. The van der Waals surface area contributed by atoms with Crippen molar-refractivity contribution in [2.75, 3.05) is 19.6 Å². The molecule has 0 spiro atoms. The van der Waals surface area contributed by atoms with Crippen LogP contribution in [0, 0.1) is 5.92 Å². The van der Waals surface area contributed by atoms with E-state index in [9.17, 15) is 0 Å². The van der Waals surface area contributed by atoms with Gasteiger partial charge in [-0.2, -0.15) is 0 Å².